The van der Waals surface area contributed by atoms with E-state index in [4.69, 9.17) is 4.52 Å². The van der Waals surface area contributed by atoms with Crippen molar-refractivity contribution in [3.05, 3.63) is 42.1 Å². The Morgan fingerprint density at radius 1 is 1.16 bits per heavy atom. The van der Waals surface area contributed by atoms with Crippen molar-refractivity contribution in [3.63, 3.8) is 0 Å². The number of imide groups is 1. The van der Waals surface area contributed by atoms with Crippen molar-refractivity contribution in [2.75, 3.05) is 13.1 Å². The maximum atomic E-state index is 12.6. The number of benzene rings is 1. The molecule has 8 heteroatoms. The highest BCUT2D eigenvalue weighted by Gasteiger charge is 2.48. The quantitative estimate of drug-likeness (QED) is 0.798. The van der Waals surface area contributed by atoms with E-state index in [2.05, 4.69) is 15.8 Å². The molecule has 128 valence electrons. The Bertz CT molecular complexity index is 837. The van der Waals surface area contributed by atoms with Gasteiger partial charge in [-0.05, 0) is 12.8 Å². The van der Waals surface area contributed by atoms with E-state index >= 15 is 0 Å². The van der Waals surface area contributed by atoms with Gasteiger partial charge in [0.2, 0.25) is 0 Å². The van der Waals surface area contributed by atoms with E-state index in [1.807, 2.05) is 30.3 Å². The van der Waals surface area contributed by atoms with Crippen LogP contribution in [0.3, 0.4) is 0 Å². The molecule has 2 aromatic rings. The first-order valence-electron chi connectivity index (χ1n) is 8.02. The molecule has 2 saturated heterocycles. The molecule has 4 amide bonds. The minimum Gasteiger partial charge on any atom is -0.355 e. The molecule has 2 fully saturated rings. The van der Waals surface area contributed by atoms with E-state index in [0.717, 1.165) is 5.56 Å². The molecule has 0 unspecified atom stereocenters. The molecule has 0 atom stereocenters. The number of nitrogens with one attached hydrogen (secondary N) is 2. The molecule has 0 bridgehead atoms. The molecule has 3 heterocycles. The minimum absolute atomic E-state index is 0.231. The second-order valence-corrected chi connectivity index (χ2v) is 6.22. The third-order valence-corrected chi connectivity index (χ3v) is 4.71. The third kappa shape index (κ3) is 2.65. The van der Waals surface area contributed by atoms with Gasteiger partial charge >= 0.3 is 6.03 Å². The standard InChI is InChI=1S/C17H16N4O4/c22-14(12-10-13(25-20-12)11-4-2-1-3-5-11)21-8-6-17(7-9-21)15(23)18-16(24)19-17/h1-5,10H,6-9H2,(H2,18,19,23,24). The summed E-state index contributed by atoms with van der Waals surface area (Å²) in [6, 6.07) is 10.5. The first kappa shape index (κ1) is 15.4. The second-order valence-electron chi connectivity index (χ2n) is 6.22. The summed E-state index contributed by atoms with van der Waals surface area (Å²) in [4.78, 5) is 37.5. The van der Waals surface area contributed by atoms with Crippen LogP contribution in [0.5, 0.6) is 0 Å². The first-order valence-corrected chi connectivity index (χ1v) is 8.02. The van der Waals surface area contributed by atoms with Gasteiger partial charge in [-0.25, -0.2) is 4.79 Å². The zero-order valence-electron chi connectivity index (χ0n) is 13.3. The molecule has 8 nitrogen and oxygen atoms in total. The Kier molecular flexibility index (Phi) is 3.52. The average molecular weight is 340 g/mol. The first-order chi connectivity index (χ1) is 12.1. The van der Waals surface area contributed by atoms with Crippen LogP contribution in [0.15, 0.2) is 40.9 Å². The number of amides is 4. The van der Waals surface area contributed by atoms with Crippen LogP contribution in [0.25, 0.3) is 11.3 Å². The molecular formula is C17H16N4O4. The topological polar surface area (TPSA) is 105 Å². The summed E-state index contributed by atoms with van der Waals surface area (Å²) in [6.07, 6.45) is 0.749. The molecule has 25 heavy (non-hydrogen) atoms. The average Bonchev–Trinajstić information content (AvgIpc) is 3.21. The number of likely N-dealkylation sites (tertiary alicyclic amines) is 1. The molecule has 1 aromatic carbocycles. The molecule has 2 N–H and O–H groups in total. The zero-order valence-corrected chi connectivity index (χ0v) is 13.3. The monoisotopic (exact) mass is 340 g/mol. The van der Waals surface area contributed by atoms with Crippen LogP contribution < -0.4 is 10.6 Å². The summed E-state index contributed by atoms with van der Waals surface area (Å²) in [7, 11) is 0. The Morgan fingerprint density at radius 3 is 2.52 bits per heavy atom. The number of hydrogen-bond acceptors (Lipinski definition) is 5. The lowest BCUT2D eigenvalue weighted by atomic mass is 9.87. The molecule has 1 aromatic heterocycles. The van der Waals surface area contributed by atoms with Gasteiger partial charge in [0, 0.05) is 24.7 Å². The summed E-state index contributed by atoms with van der Waals surface area (Å²) in [5.74, 6) is -0.0391. The lowest BCUT2D eigenvalue weighted by Gasteiger charge is -2.36. The fraction of sp³-hybridized carbons (Fsp3) is 0.294. The molecule has 4 rings (SSSR count). The van der Waals surface area contributed by atoms with Gasteiger partial charge in [0.1, 0.15) is 5.54 Å². The number of hydrogen-bond donors (Lipinski definition) is 2. The molecular weight excluding hydrogens is 324 g/mol. The van der Waals surface area contributed by atoms with Gasteiger partial charge in [-0.1, -0.05) is 35.5 Å². The lowest BCUT2D eigenvalue weighted by Crippen LogP contribution is -2.55. The van der Waals surface area contributed by atoms with Gasteiger partial charge in [0.25, 0.3) is 11.8 Å². The molecule has 0 aliphatic carbocycles. The van der Waals surface area contributed by atoms with E-state index < -0.39 is 11.6 Å². The van der Waals surface area contributed by atoms with Gasteiger partial charge in [-0.2, -0.15) is 0 Å². The Morgan fingerprint density at radius 2 is 1.88 bits per heavy atom. The van der Waals surface area contributed by atoms with Crippen molar-refractivity contribution >= 4 is 17.8 Å². The summed E-state index contributed by atoms with van der Waals surface area (Å²) >= 11 is 0. The van der Waals surface area contributed by atoms with Gasteiger partial charge < -0.3 is 14.7 Å². The van der Waals surface area contributed by atoms with Crippen molar-refractivity contribution in [2.24, 2.45) is 0 Å². The van der Waals surface area contributed by atoms with Crippen LogP contribution in [0.2, 0.25) is 0 Å². The SMILES string of the molecule is O=C1NC(=O)C2(CCN(C(=O)c3cc(-c4ccccc4)on3)CC2)N1. The number of carbonyl (C=O) groups is 3. The highest BCUT2D eigenvalue weighted by molar-refractivity contribution is 6.07. The van der Waals surface area contributed by atoms with Crippen LogP contribution in [0, 0.1) is 0 Å². The highest BCUT2D eigenvalue weighted by Crippen LogP contribution is 2.27. The number of aromatic nitrogens is 1. The summed E-state index contributed by atoms with van der Waals surface area (Å²) in [5.41, 5.74) is 0.180. The van der Waals surface area contributed by atoms with Gasteiger partial charge in [0.15, 0.2) is 11.5 Å². The normalized spacial score (nSPS) is 19.0. The second kappa shape index (κ2) is 5.73. The molecule has 1 spiro atoms. The van der Waals surface area contributed by atoms with Crippen LogP contribution in [0.1, 0.15) is 23.3 Å². The predicted octanol–water partition coefficient (Wildman–Crippen LogP) is 1.16. The van der Waals surface area contributed by atoms with Crippen LogP contribution in [-0.2, 0) is 4.79 Å². The fourth-order valence-electron chi connectivity index (χ4n) is 3.25. The van der Waals surface area contributed by atoms with Gasteiger partial charge in [-0.15, -0.1) is 0 Å². The van der Waals surface area contributed by atoms with E-state index in [-0.39, 0.29) is 17.5 Å². The number of carbonyl (C=O) groups excluding carboxylic acids is 3. The van der Waals surface area contributed by atoms with Crippen LogP contribution in [0.4, 0.5) is 4.79 Å². The summed E-state index contributed by atoms with van der Waals surface area (Å²) in [6.45, 7) is 0.722. The van der Waals surface area contributed by atoms with Gasteiger partial charge in [-0.3, -0.25) is 14.9 Å². The fourth-order valence-corrected chi connectivity index (χ4v) is 3.25. The number of rotatable bonds is 2. The van der Waals surface area contributed by atoms with Crippen molar-refractivity contribution in [2.45, 2.75) is 18.4 Å². The largest absolute Gasteiger partial charge is 0.355 e. The maximum absolute atomic E-state index is 12.6. The zero-order chi connectivity index (χ0) is 17.4. The molecule has 2 aliphatic rings. The Hall–Kier alpha value is -3.16. The Balaban J connectivity index is 1.46. The van der Waals surface area contributed by atoms with Crippen molar-refractivity contribution in [1.82, 2.24) is 20.7 Å². The van der Waals surface area contributed by atoms with Crippen LogP contribution >= 0.6 is 0 Å². The van der Waals surface area contributed by atoms with Crippen molar-refractivity contribution in [3.8, 4) is 11.3 Å². The van der Waals surface area contributed by atoms with E-state index in [1.165, 1.54) is 0 Å². The smallest absolute Gasteiger partial charge is 0.322 e. The number of piperidine rings is 1. The van der Waals surface area contributed by atoms with Gasteiger partial charge in [0.05, 0.1) is 0 Å². The molecule has 0 saturated carbocycles. The molecule has 0 radical (unpaired) electrons. The number of nitrogens with zero attached hydrogens (tertiary/aromatic N) is 2. The van der Waals surface area contributed by atoms with Crippen molar-refractivity contribution < 1.29 is 18.9 Å². The third-order valence-electron chi connectivity index (χ3n) is 4.71. The predicted molar refractivity (Wildman–Crippen MR) is 86.5 cm³/mol. The summed E-state index contributed by atoms with van der Waals surface area (Å²) < 4.78 is 5.27. The lowest BCUT2D eigenvalue weighted by molar-refractivity contribution is -0.125. The van der Waals surface area contributed by atoms with E-state index in [0.29, 0.717) is 31.7 Å². The van der Waals surface area contributed by atoms with Crippen molar-refractivity contribution in [1.29, 1.82) is 0 Å². The highest BCUT2D eigenvalue weighted by atomic mass is 16.5. The van der Waals surface area contributed by atoms with Crippen LogP contribution in [-0.4, -0.2) is 46.5 Å². The van der Waals surface area contributed by atoms with E-state index in [9.17, 15) is 14.4 Å². The maximum Gasteiger partial charge on any atom is 0.322 e. The minimum atomic E-state index is -0.896. The number of urea groups is 1. The summed E-state index contributed by atoms with van der Waals surface area (Å²) in [5, 5.41) is 8.80. The molecule has 2 aliphatic heterocycles. The van der Waals surface area contributed by atoms with E-state index in [1.54, 1.807) is 11.0 Å². The Labute approximate surface area is 143 Å².